The van der Waals surface area contributed by atoms with Crippen LogP contribution in [0.3, 0.4) is 0 Å². The predicted molar refractivity (Wildman–Crippen MR) is 53.4 cm³/mol. The van der Waals surface area contributed by atoms with Gasteiger partial charge in [-0.3, -0.25) is 4.98 Å². The van der Waals surface area contributed by atoms with E-state index in [1.165, 1.54) is 0 Å². The fourth-order valence-corrected chi connectivity index (χ4v) is 0.991. The summed E-state index contributed by atoms with van der Waals surface area (Å²) >= 11 is 0. The van der Waals surface area contributed by atoms with E-state index in [9.17, 15) is 0 Å². The van der Waals surface area contributed by atoms with Crippen molar-refractivity contribution in [2.24, 2.45) is 0 Å². The zero-order valence-corrected chi connectivity index (χ0v) is 8.86. The van der Waals surface area contributed by atoms with Crippen LogP contribution in [0, 0.1) is 6.92 Å². The minimum absolute atomic E-state index is 0.0862. The SMILES string of the molecule is CCO[C@@H](C)COc1cnc(C)cn1. The molecule has 0 spiro atoms. The van der Waals surface area contributed by atoms with E-state index in [2.05, 4.69) is 9.97 Å². The number of aryl methyl sites for hydroxylation is 1. The molecule has 0 aromatic carbocycles. The molecule has 0 saturated carbocycles. The summed E-state index contributed by atoms with van der Waals surface area (Å²) in [7, 11) is 0. The van der Waals surface area contributed by atoms with E-state index in [4.69, 9.17) is 9.47 Å². The summed E-state index contributed by atoms with van der Waals surface area (Å²) in [5, 5.41) is 0. The molecule has 4 nitrogen and oxygen atoms in total. The molecule has 1 atom stereocenters. The Labute approximate surface area is 84.3 Å². The first kappa shape index (κ1) is 10.9. The molecule has 14 heavy (non-hydrogen) atoms. The van der Waals surface area contributed by atoms with Crippen LogP contribution in [0.4, 0.5) is 0 Å². The summed E-state index contributed by atoms with van der Waals surface area (Å²) in [6.45, 7) is 7.02. The van der Waals surface area contributed by atoms with E-state index >= 15 is 0 Å². The first-order valence-electron chi connectivity index (χ1n) is 4.75. The summed E-state index contributed by atoms with van der Waals surface area (Å²) in [5.74, 6) is 0.544. The van der Waals surface area contributed by atoms with Gasteiger partial charge in [-0.25, -0.2) is 4.98 Å². The molecule has 1 rings (SSSR count). The highest BCUT2D eigenvalue weighted by Gasteiger charge is 2.02. The topological polar surface area (TPSA) is 44.2 Å². The lowest BCUT2D eigenvalue weighted by Crippen LogP contribution is -2.18. The monoisotopic (exact) mass is 196 g/mol. The van der Waals surface area contributed by atoms with Crippen LogP contribution < -0.4 is 4.74 Å². The molecule has 0 fully saturated rings. The molecule has 0 aliphatic rings. The molecule has 1 heterocycles. The van der Waals surface area contributed by atoms with E-state index in [0.717, 1.165) is 5.69 Å². The van der Waals surface area contributed by atoms with Gasteiger partial charge in [0, 0.05) is 6.61 Å². The summed E-state index contributed by atoms with van der Waals surface area (Å²) in [6, 6.07) is 0. The van der Waals surface area contributed by atoms with Gasteiger partial charge in [-0.1, -0.05) is 0 Å². The molecule has 0 saturated heterocycles. The van der Waals surface area contributed by atoms with Crippen molar-refractivity contribution < 1.29 is 9.47 Å². The molecule has 0 radical (unpaired) electrons. The van der Waals surface area contributed by atoms with Gasteiger partial charge in [0.25, 0.3) is 0 Å². The van der Waals surface area contributed by atoms with Crippen molar-refractivity contribution in [3.63, 3.8) is 0 Å². The maximum absolute atomic E-state index is 5.38. The Kier molecular flexibility index (Phi) is 4.32. The second-order valence-corrected chi connectivity index (χ2v) is 3.07. The number of hydrogen-bond acceptors (Lipinski definition) is 4. The van der Waals surface area contributed by atoms with Crippen LogP contribution in [0.2, 0.25) is 0 Å². The maximum atomic E-state index is 5.38. The Morgan fingerprint density at radius 2 is 2.14 bits per heavy atom. The number of aromatic nitrogens is 2. The van der Waals surface area contributed by atoms with Gasteiger partial charge in [-0.15, -0.1) is 0 Å². The minimum atomic E-state index is 0.0862. The Hall–Kier alpha value is -1.16. The largest absolute Gasteiger partial charge is 0.474 e. The number of hydrogen-bond donors (Lipinski definition) is 0. The molecule has 1 aromatic heterocycles. The van der Waals surface area contributed by atoms with Crippen molar-refractivity contribution in [1.29, 1.82) is 0 Å². The fourth-order valence-electron chi connectivity index (χ4n) is 0.991. The number of rotatable bonds is 5. The van der Waals surface area contributed by atoms with E-state index in [0.29, 0.717) is 19.1 Å². The standard InChI is InChI=1S/C10H16N2O2/c1-4-13-9(3)7-14-10-6-11-8(2)5-12-10/h5-6,9H,4,7H2,1-3H3/t9-/m0/s1. The van der Waals surface area contributed by atoms with Crippen LogP contribution in [-0.4, -0.2) is 29.3 Å². The summed E-state index contributed by atoms with van der Waals surface area (Å²) in [6.07, 6.45) is 3.39. The lowest BCUT2D eigenvalue weighted by Gasteiger charge is -2.11. The quantitative estimate of drug-likeness (QED) is 0.717. The molecule has 0 bridgehead atoms. The van der Waals surface area contributed by atoms with Crippen LogP contribution in [0.25, 0.3) is 0 Å². The third-order valence-corrected chi connectivity index (χ3v) is 1.67. The second-order valence-electron chi connectivity index (χ2n) is 3.07. The molecule has 0 aliphatic carbocycles. The molecular weight excluding hydrogens is 180 g/mol. The average molecular weight is 196 g/mol. The summed E-state index contributed by atoms with van der Waals surface area (Å²) < 4.78 is 10.7. The third kappa shape index (κ3) is 3.70. The van der Waals surface area contributed by atoms with Gasteiger partial charge in [-0.05, 0) is 20.8 Å². The van der Waals surface area contributed by atoms with E-state index in [1.54, 1.807) is 12.4 Å². The van der Waals surface area contributed by atoms with Crippen molar-refractivity contribution >= 4 is 0 Å². The summed E-state index contributed by atoms with van der Waals surface area (Å²) in [5.41, 5.74) is 0.884. The molecule has 0 amide bonds. The normalized spacial score (nSPS) is 12.5. The molecule has 0 N–H and O–H groups in total. The van der Waals surface area contributed by atoms with Crippen LogP contribution in [-0.2, 0) is 4.74 Å². The molecule has 0 unspecified atom stereocenters. The van der Waals surface area contributed by atoms with Gasteiger partial charge in [0.1, 0.15) is 6.61 Å². The first-order valence-corrected chi connectivity index (χ1v) is 4.75. The zero-order chi connectivity index (χ0) is 10.4. The Bertz CT molecular complexity index is 261. The van der Waals surface area contributed by atoms with Gasteiger partial charge in [0.05, 0.1) is 24.2 Å². The van der Waals surface area contributed by atoms with Crippen LogP contribution >= 0.6 is 0 Å². The van der Waals surface area contributed by atoms with Crippen molar-refractivity contribution in [1.82, 2.24) is 9.97 Å². The lowest BCUT2D eigenvalue weighted by atomic mass is 10.4. The summed E-state index contributed by atoms with van der Waals surface area (Å²) in [4.78, 5) is 8.14. The second kappa shape index (κ2) is 5.54. The maximum Gasteiger partial charge on any atom is 0.232 e. The number of ether oxygens (including phenoxy) is 2. The Morgan fingerprint density at radius 1 is 1.36 bits per heavy atom. The van der Waals surface area contributed by atoms with Crippen molar-refractivity contribution in [3.05, 3.63) is 18.1 Å². The van der Waals surface area contributed by atoms with Gasteiger partial charge in [0.2, 0.25) is 5.88 Å². The van der Waals surface area contributed by atoms with Gasteiger partial charge >= 0.3 is 0 Å². The zero-order valence-electron chi connectivity index (χ0n) is 8.86. The lowest BCUT2D eigenvalue weighted by molar-refractivity contribution is 0.0388. The Balaban J connectivity index is 2.34. The molecule has 1 aromatic rings. The molecular formula is C10H16N2O2. The van der Waals surface area contributed by atoms with Crippen molar-refractivity contribution in [3.8, 4) is 5.88 Å². The highest BCUT2D eigenvalue weighted by molar-refractivity contribution is 5.05. The van der Waals surface area contributed by atoms with E-state index < -0.39 is 0 Å². The highest BCUT2D eigenvalue weighted by atomic mass is 16.5. The van der Waals surface area contributed by atoms with Crippen LogP contribution in [0.1, 0.15) is 19.5 Å². The molecule has 4 heteroatoms. The third-order valence-electron chi connectivity index (χ3n) is 1.67. The fraction of sp³-hybridized carbons (Fsp3) is 0.600. The smallest absolute Gasteiger partial charge is 0.232 e. The van der Waals surface area contributed by atoms with Crippen molar-refractivity contribution in [2.75, 3.05) is 13.2 Å². The number of nitrogens with zero attached hydrogens (tertiary/aromatic N) is 2. The van der Waals surface area contributed by atoms with Crippen molar-refractivity contribution in [2.45, 2.75) is 26.9 Å². The molecule has 78 valence electrons. The first-order chi connectivity index (χ1) is 6.72. The van der Waals surface area contributed by atoms with Crippen LogP contribution in [0.15, 0.2) is 12.4 Å². The van der Waals surface area contributed by atoms with Gasteiger partial charge < -0.3 is 9.47 Å². The Morgan fingerprint density at radius 3 is 2.71 bits per heavy atom. The van der Waals surface area contributed by atoms with Gasteiger partial charge in [0.15, 0.2) is 0 Å². The molecule has 0 aliphatic heterocycles. The average Bonchev–Trinajstić information content (AvgIpc) is 2.17. The van der Waals surface area contributed by atoms with Crippen LogP contribution in [0.5, 0.6) is 5.88 Å². The van der Waals surface area contributed by atoms with E-state index in [-0.39, 0.29) is 6.10 Å². The van der Waals surface area contributed by atoms with E-state index in [1.807, 2.05) is 20.8 Å². The van der Waals surface area contributed by atoms with Gasteiger partial charge in [-0.2, -0.15) is 0 Å². The predicted octanol–water partition coefficient (Wildman–Crippen LogP) is 1.59. The minimum Gasteiger partial charge on any atom is -0.474 e. The highest BCUT2D eigenvalue weighted by Crippen LogP contribution is 2.04.